The summed E-state index contributed by atoms with van der Waals surface area (Å²) < 4.78 is 0. The predicted molar refractivity (Wildman–Crippen MR) is 133 cm³/mol. The fourth-order valence-electron chi connectivity index (χ4n) is 3.52. The van der Waals surface area contributed by atoms with Crippen LogP contribution < -0.4 is 16.9 Å². The van der Waals surface area contributed by atoms with Gasteiger partial charge < -0.3 is 21.0 Å². The van der Waals surface area contributed by atoms with Gasteiger partial charge in [-0.2, -0.15) is 0 Å². The number of carbonyl (C=O) groups is 3. The van der Waals surface area contributed by atoms with Gasteiger partial charge in [-0.15, -0.1) is 23.1 Å². The zero-order chi connectivity index (χ0) is 25.3. The summed E-state index contributed by atoms with van der Waals surface area (Å²) in [4.78, 5) is 51.9. The average Bonchev–Trinajstić information content (AvgIpc) is 3.26. The first-order valence-electron chi connectivity index (χ1n) is 10.1. The van der Waals surface area contributed by atoms with Crippen LogP contribution in [0.15, 0.2) is 26.8 Å². The standard InChI is InChI=1S/C18H21N9O5S3/c1-32-25-10(8-6-34-17(20)22-8)13(28)24-11-14(29)27-12(16(30)31)7(4-33-15(11)27)5-35-18-23-9(19)2-3-26(18)21/h6,11,15,19H,2-5,21H2,1H3,(H2,20,22)(H,24,28)(H,30,31)/t11?,15-/m0/s1. The van der Waals surface area contributed by atoms with E-state index in [-0.39, 0.29) is 33.8 Å². The van der Waals surface area contributed by atoms with Crippen molar-refractivity contribution in [2.75, 3.05) is 30.9 Å². The molecule has 1 saturated heterocycles. The Morgan fingerprint density at radius 2 is 2.26 bits per heavy atom. The maximum absolute atomic E-state index is 12.9. The topological polar surface area (TPSA) is 213 Å². The Morgan fingerprint density at radius 1 is 1.49 bits per heavy atom. The highest BCUT2D eigenvalue weighted by molar-refractivity contribution is 8.14. The molecule has 186 valence electrons. The summed E-state index contributed by atoms with van der Waals surface area (Å²) in [6, 6.07) is -0.947. The van der Waals surface area contributed by atoms with E-state index in [2.05, 4.69) is 20.4 Å². The van der Waals surface area contributed by atoms with Crippen LogP contribution in [0.25, 0.3) is 0 Å². The van der Waals surface area contributed by atoms with Crippen molar-refractivity contribution in [3.63, 3.8) is 0 Å². The minimum Gasteiger partial charge on any atom is -0.477 e. The highest BCUT2D eigenvalue weighted by Gasteiger charge is 2.54. The number of nitrogens with two attached hydrogens (primary N) is 2. The number of fused-ring (bicyclic) bond motifs is 1. The van der Waals surface area contributed by atoms with E-state index in [0.717, 1.165) is 11.3 Å². The SMILES string of the molecule is CON=C(C(=O)NC1C(=O)N2C(C(=O)O)=C(CSC3=NC(=N)CCN3N)CS[C@@H]12)c1csc(N)n1. The molecule has 14 nitrogen and oxygen atoms in total. The number of hydrazine groups is 1. The number of hydrogen-bond acceptors (Lipinski definition) is 13. The fraction of sp³-hybridized carbons (Fsp3) is 0.389. The molecular weight excluding hydrogens is 518 g/mol. The number of thiazole rings is 1. The van der Waals surface area contributed by atoms with Crippen LogP contribution in [-0.2, 0) is 19.2 Å². The number of hydrogen-bond donors (Lipinski definition) is 5. The number of amidine groups is 2. The highest BCUT2D eigenvalue weighted by atomic mass is 32.2. The summed E-state index contributed by atoms with van der Waals surface area (Å²) in [6.07, 6.45) is 0.434. The number of thioether (sulfide) groups is 2. The summed E-state index contributed by atoms with van der Waals surface area (Å²) in [6.45, 7) is 0.445. The zero-order valence-electron chi connectivity index (χ0n) is 18.3. The lowest BCUT2D eigenvalue weighted by Crippen LogP contribution is -2.71. The normalized spacial score (nSPS) is 22.5. The first-order chi connectivity index (χ1) is 16.7. The zero-order valence-corrected chi connectivity index (χ0v) is 20.7. The summed E-state index contributed by atoms with van der Waals surface area (Å²) >= 11 is 3.66. The van der Waals surface area contributed by atoms with Gasteiger partial charge >= 0.3 is 5.97 Å². The lowest BCUT2D eigenvalue weighted by molar-refractivity contribution is -0.150. The molecule has 0 bridgehead atoms. The quantitative estimate of drug-likeness (QED) is 0.128. The van der Waals surface area contributed by atoms with Crippen molar-refractivity contribution in [1.82, 2.24) is 20.2 Å². The summed E-state index contributed by atoms with van der Waals surface area (Å²) in [5, 5.41) is 26.9. The van der Waals surface area contributed by atoms with E-state index in [1.54, 1.807) is 0 Å². The molecule has 2 atom stereocenters. The van der Waals surface area contributed by atoms with Crippen LogP contribution in [0.4, 0.5) is 5.13 Å². The number of β-lactam (4-membered cyclic amide) rings is 1. The van der Waals surface area contributed by atoms with E-state index in [9.17, 15) is 19.5 Å². The Kier molecular flexibility index (Phi) is 7.29. The fourth-order valence-corrected chi connectivity index (χ4v) is 6.52. The van der Waals surface area contributed by atoms with Gasteiger partial charge in [0.1, 0.15) is 35.8 Å². The van der Waals surface area contributed by atoms with Gasteiger partial charge in [0.05, 0.1) is 0 Å². The maximum atomic E-state index is 12.9. The number of carboxylic acids is 1. The molecule has 1 fully saturated rings. The molecule has 17 heteroatoms. The van der Waals surface area contributed by atoms with Gasteiger partial charge in [0.2, 0.25) is 0 Å². The third kappa shape index (κ3) is 4.97. The van der Waals surface area contributed by atoms with E-state index in [1.165, 1.54) is 45.9 Å². The minimum absolute atomic E-state index is 0.120. The molecule has 0 aromatic carbocycles. The molecule has 0 saturated carbocycles. The first kappa shape index (κ1) is 25.0. The molecule has 1 unspecified atom stereocenters. The van der Waals surface area contributed by atoms with E-state index in [1.807, 2.05) is 0 Å². The van der Waals surface area contributed by atoms with Gasteiger partial charge in [-0.05, 0) is 5.57 Å². The molecule has 3 aliphatic heterocycles. The first-order valence-corrected chi connectivity index (χ1v) is 13.0. The number of aliphatic imine (C=N–C) groups is 1. The molecular formula is C18H21N9O5S3. The number of amides is 2. The van der Waals surface area contributed by atoms with Crippen molar-refractivity contribution in [2.45, 2.75) is 17.8 Å². The molecule has 2 amide bonds. The molecule has 35 heavy (non-hydrogen) atoms. The number of oxime groups is 1. The van der Waals surface area contributed by atoms with Crippen LogP contribution in [0.5, 0.6) is 0 Å². The Morgan fingerprint density at radius 3 is 2.91 bits per heavy atom. The van der Waals surface area contributed by atoms with Gasteiger partial charge in [-0.1, -0.05) is 16.9 Å². The number of nitrogen functional groups attached to an aromatic ring is 1. The van der Waals surface area contributed by atoms with Crippen LogP contribution in [0.2, 0.25) is 0 Å². The number of rotatable bonds is 7. The van der Waals surface area contributed by atoms with Crippen molar-refractivity contribution < 1.29 is 24.3 Å². The summed E-state index contributed by atoms with van der Waals surface area (Å²) in [5.74, 6) is 4.17. The maximum Gasteiger partial charge on any atom is 0.352 e. The predicted octanol–water partition coefficient (Wildman–Crippen LogP) is -0.540. The molecule has 1 aromatic heterocycles. The van der Waals surface area contributed by atoms with Gasteiger partial charge in [0.15, 0.2) is 16.0 Å². The van der Waals surface area contributed by atoms with E-state index in [4.69, 9.17) is 21.8 Å². The van der Waals surface area contributed by atoms with E-state index >= 15 is 0 Å². The Bertz CT molecular complexity index is 1180. The molecule has 3 aliphatic rings. The molecule has 0 radical (unpaired) electrons. The molecule has 0 aliphatic carbocycles. The second-order valence-electron chi connectivity index (χ2n) is 7.38. The van der Waals surface area contributed by atoms with Crippen molar-refractivity contribution in [2.24, 2.45) is 16.0 Å². The van der Waals surface area contributed by atoms with Gasteiger partial charge in [0.25, 0.3) is 11.8 Å². The van der Waals surface area contributed by atoms with Gasteiger partial charge in [0, 0.05) is 29.9 Å². The van der Waals surface area contributed by atoms with Gasteiger partial charge in [-0.3, -0.25) is 24.9 Å². The monoisotopic (exact) mass is 539 g/mol. The lowest BCUT2D eigenvalue weighted by Gasteiger charge is -2.49. The number of carboxylic acid groups (broad SMARTS) is 1. The van der Waals surface area contributed by atoms with Crippen LogP contribution in [0, 0.1) is 5.41 Å². The van der Waals surface area contributed by atoms with Crippen molar-refractivity contribution in [3.8, 4) is 0 Å². The molecule has 4 heterocycles. The molecule has 4 rings (SSSR count). The summed E-state index contributed by atoms with van der Waals surface area (Å²) in [7, 11) is 1.27. The van der Waals surface area contributed by atoms with Crippen LogP contribution in [0.1, 0.15) is 12.1 Å². The Balaban J connectivity index is 1.48. The molecule has 1 aromatic rings. The van der Waals surface area contributed by atoms with Gasteiger partial charge in [-0.25, -0.2) is 20.6 Å². The second kappa shape index (κ2) is 10.2. The number of anilines is 1. The number of carbonyl (C=O) groups excluding carboxylic acids is 2. The van der Waals surface area contributed by atoms with Crippen LogP contribution in [-0.4, -0.2) is 91.1 Å². The van der Waals surface area contributed by atoms with Crippen molar-refractivity contribution in [1.29, 1.82) is 5.41 Å². The third-order valence-corrected chi connectivity index (χ3v) is 8.23. The van der Waals surface area contributed by atoms with Crippen LogP contribution in [0.3, 0.4) is 0 Å². The van der Waals surface area contributed by atoms with E-state index < -0.39 is 29.2 Å². The largest absolute Gasteiger partial charge is 0.477 e. The highest BCUT2D eigenvalue weighted by Crippen LogP contribution is 2.41. The third-order valence-electron chi connectivity index (χ3n) is 5.14. The number of nitrogens with zero attached hydrogens (tertiary/aromatic N) is 5. The average molecular weight is 540 g/mol. The minimum atomic E-state index is -1.24. The number of aromatic nitrogens is 1. The molecule has 7 N–H and O–H groups in total. The van der Waals surface area contributed by atoms with Crippen LogP contribution >= 0.6 is 34.9 Å². The molecule has 0 spiro atoms. The van der Waals surface area contributed by atoms with E-state index in [0.29, 0.717) is 29.5 Å². The lowest BCUT2D eigenvalue weighted by atomic mass is 10.0. The number of aliphatic carboxylic acids is 1. The number of nitrogens with one attached hydrogen (secondary N) is 2. The second-order valence-corrected chi connectivity index (χ2v) is 10.3. The smallest absolute Gasteiger partial charge is 0.352 e. The summed E-state index contributed by atoms with van der Waals surface area (Å²) in [5.41, 5.74) is 6.08. The van der Waals surface area contributed by atoms with Crippen molar-refractivity contribution in [3.05, 3.63) is 22.3 Å². The van der Waals surface area contributed by atoms with Crippen molar-refractivity contribution >= 4 is 74.5 Å². The Labute approximate surface area is 211 Å². The Hall–Kier alpha value is -3.15.